The van der Waals surface area contributed by atoms with Crippen LogP contribution >= 0.6 is 0 Å². The van der Waals surface area contributed by atoms with Crippen LogP contribution in [-0.2, 0) is 15.1 Å². The first kappa shape index (κ1) is 30.1. The molecule has 43 heavy (non-hydrogen) atoms. The van der Waals surface area contributed by atoms with Gasteiger partial charge in [-0.05, 0) is 63.1 Å². The number of nitrogens with zero attached hydrogens (tertiary/aromatic N) is 5. The molecule has 5 rings (SSSR count). The highest BCUT2D eigenvalue weighted by atomic mass is 16.5. The maximum absolute atomic E-state index is 13.2. The zero-order valence-corrected chi connectivity index (χ0v) is 25.5. The molecular weight excluding hydrogens is 544 g/mol. The second-order valence-electron chi connectivity index (χ2n) is 11.1. The largest absolute Gasteiger partial charge is 0.379 e. The third kappa shape index (κ3) is 7.56. The van der Waals surface area contributed by atoms with Crippen molar-refractivity contribution in [2.45, 2.75) is 33.3 Å². The SMILES string of the molecule is COC(C)(C)c1cccc(C(=O)Nc2ccc(C)c(Nc3cc(C)nn3-c3cc(NCCN4CCOCC4)ncn3)c2)c1. The Hall–Kier alpha value is -4.32. The van der Waals surface area contributed by atoms with Crippen molar-refractivity contribution in [3.05, 3.63) is 83.3 Å². The summed E-state index contributed by atoms with van der Waals surface area (Å²) in [5, 5.41) is 14.6. The first-order valence-electron chi connectivity index (χ1n) is 14.5. The van der Waals surface area contributed by atoms with Crippen molar-refractivity contribution >= 4 is 28.9 Å². The third-order valence-electron chi connectivity index (χ3n) is 7.63. The Labute approximate surface area is 252 Å². The van der Waals surface area contributed by atoms with Crippen LogP contribution in [-0.4, -0.2) is 77.1 Å². The molecule has 0 aliphatic carbocycles. The smallest absolute Gasteiger partial charge is 0.255 e. The summed E-state index contributed by atoms with van der Waals surface area (Å²) in [6, 6.07) is 17.1. The maximum Gasteiger partial charge on any atom is 0.255 e. The Morgan fingerprint density at radius 3 is 2.65 bits per heavy atom. The van der Waals surface area contributed by atoms with Gasteiger partial charge in [0, 0.05) is 62.4 Å². The second kappa shape index (κ2) is 13.3. The summed E-state index contributed by atoms with van der Waals surface area (Å²) in [7, 11) is 1.66. The number of morpholine rings is 1. The molecule has 1 aliphatic rings. The average Bonchev–Trinajstić information content (AvgIpc) is 3.39. The number of nitrogens with one attached hydrogen (secondary N) is 3. The fourth-order valence-electron chi connectivity index (χ4n) is 4.82. The number of aryl methyl sites for hydroxylation is 2. The topological polar surface area (TPSA) is 118 Å². The standard InChI is InChI=1S/C32H40N8O3/c1-22-9-10-26(36-31(41)24-7-6-8-25(18-24)32(3,4)42-5)19-27(22)37-30-17-23(2)38-40(30)29-20-28(34-21-35-29)33-11-12-39-13-15-43-16-14-39/h6-10,17-21,37H,11-16H2,1-5H3,(H,36,41)(H,33,34,35). The number of carbonyl (C=O) groups is 1. The van der Waals surface area contributed by atoms with E-state index >= 15 is 0 Å². The van der Waals surface area contributed by atoms with Crippen LogP contribution in [0.3, 0.4) is 0 Å². The Bertz CT molecular complexity index is 1560. The third-order valence-corrected chi connectivity index (χ3v) is 7.63. The Kier molecular flexibility index (Phi) is 9.34. The van der Waals surface area contributed by atoms with Gasteiger partial charge < -0.3 is 25.4 Å². The zero-order valence-electron chi connectivity index (χ0n) is 25.5. The molecule has 11 nitrogen and oxygen atoms in total. The Morgan fingerprint density at radius 1 is 1.05 bits per heavy atom. The Morgan fingerprint density at radius 2 is 1.86 bits per heavy atom. The molecule has 1 saturated heterocycles. The molecule has 11 heteroatoms. The van der Waals surface area contributed by atoms with Gasteiger partial charge in [-0.25, -0.2) is 9.97 Å². The number of aromatic nitrogens is 4. The highest BCUT2D eigenvalue weighted by Crippen LogP contribution is 2.28. The fourth-order valence-corrected chi connectivity index (χ4v) is 4.82. The number of methoxy groups -OCH3 is 1. The van der Waals surface area contributed by atoms with Crippen LogP contribution in [0.4, 0.5) is 23.0 Å². The van der Waals surface area contributed by atoms with E-state index in [9.17, 15) is 4.79 Å². The Balaban J connectivity index is 1.30. The number of hydrogen-bond donors (Lipinski definition) is 3. The van der Waals surface area contributed by atoms with Crippen LogP contribution in [0.1, 0.15) is 41.0 Å². The van der Waals surface area contributed by atoms with Gasteiger partial charge in [-0.2, -0.15) is 9.78 Å². The number of ether oxygens (including phenoxy) is 2. The first-order chi connectivity index (χ1) is 20.7. The van der Waals surface area contributed by atoms with Crippen molar-refractivity contribution < 1.29 is 14.3 Å². The lowest BCUT2D eigenvalue weighted by Crippen LogP contribution is -2.39. The van der Waals surface area contributed by atoms with Gasteiger partial charge in [-0.3, -0.25) is 9.69 Å². The number of hydrogen-bond acceptors (Lipinski definition) is 9. The van der Waals surface area contributed by atoms with Crippen molar-refractivity contribution in [2.24, 2.45) is 0 Å². The first-order valence-corrected chi connectivity index (χ1v) is 14.5. The summed E-state index contributed by atoms with van der Waals surface area (Å²) in [6.07, 6.45) is 1.54. The lowest BCUT2D eigenvalue weighted by atomic mass is 9.96. The van der Waals surface area contributed by atoms with Gasteiger partial charge in [-0.15, -0.1) is 0 Å². The summed E-state index contributed by atoms with van der Waals surface area (Å²) in [5.41, 5.74) is 4.35. The summed E-state index contributed by atoms with van der Waals surface area (Å²) in [4.78, 5) is 24.4. The molecule has 0 atom stereocenters. The molecule has 3 heterocycles. The number of rotatable bonds is 11. The molecule has 4 aromatic rings. The molecular formula is C32H40N8O3. The van der Waals surface area contributed by atoms with Gasteiger partial charge in [0.05, 0.1) is 24.5 Å². The molecule has 0 radical (unpaired) electrons. The van der Waals surface area contributed by atoms with Crippen molar-refractivity contribution in [2.75, 3.05) is 62.5 Å². The van der Waals surface area contributed by atoms with Crippen molar-refractivity contribution in [3.63, 3.8) is 0 Å². The molecule has 1 fully saturated rings. The molecule has 226 valence electrons. The number of benzene rings is 2. The van der Waals surface area contributed by atoms with Crippen LogP contribution in [0, 0.1) is 13.8 Å². The average molecular weight is 585 g/mol. The zero-order chi connectivity index (χ0) is 30.4. The van der Waals surface area contributed by atoms with Gasteiger partial charge in [-0.1, -0.05) is 18.2 Å². The van der Waals surface area contributed by atoms with E-state index in [4.69, 9.17) is 9.47 Å². The van der Waals surface area contributed by atoms with E-state index in [-0.39, 0.29) is 5.91 Å². The molecule has 1 amide bonds. The summed E-state index contributed by atoms with van der Waals surface area (Å²) in [5.74, 6) is 1.92. The quantitative estimate of drug-likeness (QED) is 0.226. The molecule has 0 saturated carbocycles. The lowest BCUT2D eigenvalue weighted by Gasteiger charge is -2.26. The van der Waals surface area contributed by atoms with Gasteiger partial charge in [0.25, 0.3) is 5.91 Å². The molecule has 3 N–H and O–H groups in total. The van der Waals surface area contributed by atoms with Crippen LogP contribution in [0.2, 0.25) is 0 Å². The normalized spacial score (nSPS) is 14.0. The van der Waals surface area contributed by atoms with Gasteiger partial charge in [0.2, 0.25) is 0 Å². The van der Waals surface area contributed by atoms with Crippen molar-refractivity contribution in [3.8, 4) is 5.82 Å². The number of anilines is 4. The second-order valence-corrected chi connectivity index (χ2v) is 11.1. The van der Waals surface area contributed by atoms with Crippen LogP contribution in [0.25, 0.3) is 5.82 Å². The lowest BCUT2D eigenvalue weighted by molar-refractivity contribution is 0.0192. The molecule has 1 aliphatic heterocycles. The maximum atomic E-state index is 13.2. The predicted octanol–water partition coefficient (Wildman–Crippen LogP) is 4.90. The highest BCUT2D eigenvalue weighted by Gasteiger charge is 2.21. The van der Waals surface area contributed by atoms with E-state index < -0.39 is 5.60 Å². The minimum absolute atomic E-state index is 0.195. The highest BCUT2D eigenvalue weighted by molar-refractivity contribution is 6.04. The van der Waals surface area contributed by atoms with Crippen molar-refractivity contribution in [1.82, 2.24) is 24.6 Å². The summed E-state index contributed by atoms with van der Waals surface area (Å²) < 4.78 is 12.8. The van der Waals surface area contributed by atoms with E-state index in [0.29, 0.717) is 17.1 Å². The van der Waals surface area contributed by atoms with E-state index in [2.05, 4.69) is 35.9 Å². The predicted molar refractivity (Wildman–Crippen MR) is 169 cm³/mol. The minimum atomic E-state index is -0.498. The van der Waals surface area contributed by atoms with Crippen LogP contribution < -0.4 is 16.0 Å². The van der Waals surface area contributed by atoms with Crippen LogP contribution in [0.15, 0.2) is 60.9 Å². The molecule has 0 bridgehead atoms. The van der Waals surface area contributed by atoms with Gasteiger partial charge in [0.1, 0.15) is 18.0 Å². The van der Waals surface area contributed by atoms with Crippen LogP contribution in [0.5, 0.6) is 0 Å². The molecule has 0 spiro atoms. The van der Waals surface area contributed by atoms with Gasteiger partial charge >= 0.3 is 0 Å². The molecule has 2 aromatic heterocycles. The van der Waals surface area contributed by atoms with E-state index in [1.165, 1.54) is 6.33 Å². The number of carbonyl (C=O) groups excluding carboxylic acids is 1. The fraction of sp³-hybridized carbons (Fsp3) is 0.375. The minimum Gasteiger partial charge on any atom is -0.379 e. The van der Waals surface area contributed by atoms with E-state index in [1.54, 1.807) is 17.9 Å². The number of amides is 1. The molecule has 2 aromatic carbocycles. The summed E-state index contributed by atoms with van der Waals surface area (Å²) >= 11 is 0. The summed E-state index contributed by atoms with van der Waals surface area (Å²) in [6.45, 7) is 13.0. The van der Waals surface area contributed by atoms with Gasteiger partial charge in [0.15, 0.2) is 5.82 Å². The van der Waals surface area contributed by atoms with E-state index in [0.717, 1.165) is 73.5 Å². The van der Waals surface area contributed by atoms with E-state index in [1.807, 2.05) is 76.2 Å². The molecule has 0 unspecified atom stereocenters. The monoisotopic (exact) mass is 584 g/mol. The van der Waals surface area contributed by atoms with Crippen molar-refractivity contribution in [1.29, 1.82) is 0 Å².